The fourth-order valence-electron chi connectivity index (χ4n) is 4.01. The monoisotopic (exact) mass is 496 g/mol. The smallest absolute Gasteiger partial charge is 0.253 e. The molecule has 0 radical (unpaired) electrons. The minimum absolute atomic E-state index is 0. The zero-order valence-corrected chi connectivity index (χ0v) is 22.0. The van der Waals surface area contributed by atoms with Crippen LogP contribution in [0, 0.1) is 13.8 Å². The van der Waals surface area contributed by atoms with Gasteiger partial charge in [-0.25, -0.2) is 9.98 Å². The van der Waals surface area contributed by atoms with Gasteiger partial charge >= 0.3 is 0 Å². The quantitative estimate of drug-likeness (QED) is 0.285. The SMILES string of the molecule is CCN(C)/C=N\c1cc(C)c(Cc2nc(-c3ccc(C(=O)N4CCCC4)cc3)cs2)cc1C.Cl. The summed E-state index contributed by atoms with van der Waals surface area (Å²) in [7, 11) is 2.03. The van der Waals surface area contributed by atoms with Gasteiger partial charge in [0.05, 0.1) is 22.7 Å². The molecular formula is C27H33ClN4OS. The number of amides is 1. The summed E-state index contributed by atoms with van der Waals surface area (Å²) >= 11 is 1.68. The van der Waals surface area contributed by atoms with Crippen molar-refractivity contribution in [1.29, 1.82) is 0 Å². The first-order valence-electron chi connectivity index (χ1n) is 11.6. The largest absolute Gasteiger partial charge is 0.366 e. The summed E-state index contributed by atoms with van der Waals surface area (Å²) in [5.41, 5.74) is 7.47. The van der Waals surface area contributed by atoms with Crippen molar-refractivity contribution in [2.75, 3.05) is 26.7 Å². The van der Waals surface area contributed by atoms with Crippen LogP contribution in [0.3, 0.4) is 0 Å². The minimum atomic E-state index is 0. The first kappa shape index (κ1) is 25.9. The maximum absolute atomic E-state index is 12.6. The molecule has 0 aliphatic carbocycles. The van der Waals surface area contributed by atoms with Gasteiger partial charge in [0, 0.05) is 49.6 Å². The number of aliphatic imine (C=N–C) groups is 1. The summed E-state index contributed by atoms with van der Waals surface area (Å²) in [4.78, 5) is 26.1. The number of carbonyl (C=O) groups is 1. The fraction of sp³-hybridized carbons (Fsp3) is 0.370. The Morgan fingerprint density at radius 2 is 1.85 bits per heavy atom. The van der Waals surface area contributed by atoms with Gasteiger partial charge in [0.15, 0.2) is 0 Å². The highest BCUT2D eigenvalue weighted by Gasteiger charge is 2.19. The normalized spacial score (nSPS) is 13.4. The van der Waals surface area contributed by atoms with Crippen LogP contribution in [0.4, 0.5) is 5.69 Å². The lowest BCUT2D eigenvalue weighted by Gasteiger charge is -2.15. The predicted octanol–water partition coefficient (Wildman–Crippen LogP) is 6.29. The number of aromatic nitrogens is 1. The van der Waals surface area contributed by atoms with Crippen LogP contribution >= 0.6 is 23.7 Å². The number of rotatable bonds is 7. The van der Waals surface area contributed by atoms with Crippen LogP contribution in [0.25, 0.3) is 11.3 Å². The molecule has 4 rings (SSSR count). The maximum Gasteiger partial charge on any atom is 0.253 e. The molecule has 0 N–H and O–H groups in total. The summed E-state index contributed by atoms with van der Waals surface area (Å²) in [6, 6.07) is 12.3. The van der Waals surface area contributed by atoms with Crippen molar-refractivity contribution in [2.24, 2.45) is 4.99 Å². The first-order chi connectivity index (χ1) is 15.9. The van der Waals surface area contributed by atoms with E-state index >= 15 is 0 Å². The number of hydrogen-bond acceptors (Lipinski definition) is 4. The third kappa shape index (κ3) is 6.05. The molecule has 1 amide bonds. The van der Waals surface area contributed by atoms with Gasteiger partial charge in [0.25, 0.3) is 5.91 Å². The van der Waals surface area contributed by atoms with Crippen LogP contribution in [-0.2, 0) is 6.42 Å². The van der Waals surface area contributed by atoms with Crippen molar-refractivity contribution < 1.29 is 4.79 Å². The van der Waals surface area contributed by atoms with Gasteiger partial charge in [0.1, 0.15) is 0 Å². The average molecular weight is 497 g/mol. The molecule has 1 saturated heterocycles. The number of aryl methyl sites for hydroxylation is 2. The zero-order valence-electron chi connectivity index (χ0n) is 20.4. The summed E-state index contributed by atoms with van der Waals surface area (Å²) in [6.07, 6.45) is 4.91. The van der Waals surface area contributed by atoms with E-state index in [9.17, 15) is 4.79 Å². The molecule has 1 fully saturated rings. The maximum atomic E-state index is 12.6. The number of thiazole rings is 1. The van der Waals surface area contributed by atoms with Crippen molar-refractivity contribution in [1.82, 2.24) is 14.8 Å². The van der Waals surface area contributed by atoms with Gasteiger partial charge in [-0.3, -0.25) is 4.79 Å². The third-order valence-corrected chi connectivity index (χ3v) is 7.11. The Morgan fingerprint density at radius 3 is 2.53 bits per heavy atom. The lowest BCUT2D eigenvalue weighted by Crippen LogP contribution is -2.27. The molecule has 7 heteroatoms. The molecule has 34 heavy (non-hydrogen) atoms. The molecule has 5 nitrogen and oxygen atoms in total. The molecular weight excluding hydrogens is 464 g/mol. The Hall–Kier alpha value is -2.70. The minimum Gasteiger partial charge on any atom is -0.366 e. The molecule has 1 aliphatic heterocycles. The number of likely N-dealkylation sites (tertiary alicyclic amines) is 1. The van der Waals surface area contributed by atoms with Gasteiger partial charge in [-0.1, -0.05) is 18.2 Å². The Kier molecular flexibility index (Phi) is 8.86. The summed E-state index contributed by atoms with van der Waals surface area (Å²) in [5, 5.41) is 3.19. The number of carbonyl (C=O) groups excluding carboxylic acids is 1. The first-order valence-corrected chi connectivity index (χ1v) is 12.5. The lowest BCUT2D eigenvalue weighted by atomic mass is 10.0. The summed E-state index contributed by atoms with van der Waals surface area (Å²) in [6.45, 7) is 9.04. The van der Waals surface area contributed by atoms with Crippen molar-refractivity contribution in [3.63, 3.8) is 0 Å². The van der Waals surface area contributed by atoms with E-state index in [2.05, 4.69) is 48.2 Å². The van der Waals surface area contributed by atoms with E-state index in [1.54, 1.807) is 11.3 Å². The Balaban J connectivity index is 0.00000324. The molecule has 2 aromatic carbocycles. The van der Waals surface area contributed by atoms with Crippen LogP contribution in [0.2, 0.25) is 0 Å². The van der Waals surface area contributed by atoms with Gasteiger partial charge in [-0.2, -0.15) is 0 Å². The topological polar surface area (TPSA) is 48.8 Å². The third-order valence-electron chi connectivity index (χ3n) is 6.26. The predicted molar refractivity (Wildman–Crippen MR) is 145 cm³/mol. The molecule has 1 aromatic heterocycles. The van der Waals surface area contributed by atoms with E-state index in [1.165, 1.54) is 16.7 Å². The summed E-state index contributed by atoms with van der Waals surface area (Å²) in [5.74, 6) is 0.137. The van der Waals surface area contributed by atoms with Crippen LogP contribution in [0.15, 0.2) is 46.8 Å². The molecule has 0 unspecified atom stereocenters. The van der Waals surface area contributed by atoms with E-state index in [-0.39, 0.29) is 18.3 Å². The molecule has 2 heterocycles. The van der Waals surface area contributed by atoms with Crippen molar-refractivity contribution in [3.8, 4) is 11.3 Å². The summed E-state index contributed by atoms with van der Waals surface area (Å²) < 4.78 is 0. The standard InChI is InChI=1S/C27H32N4OS.ClH/c1-5-30(4)18-28-24-15-19(2)23(14-20(24)3)16-26-29-25(17-33-26)21-8-10-22(11-9-21)27(32)31-12-6-7-13-31;/h8-11,14-15,17-18H,5-7,12-13,16H2,1-4H3;1H/b28-18-;. The van der Waals surface area contributed by atoms with Gasteiger partial charge in [-0.05, 0) is 68.5 Å². The van der Waals surface area contributed by atoms with Crippen LogP contribution in [0.1, 0.15) is 51.8 Å². The van der Waals surface area contributed by atoms with E-state index in [0.717, 1.165) is 66.4 Å². The molecule has 3 aromatic rings. The van der Waals surface area contributed by atoms with E-state index < -0.39 is 0 Å². The zero-order chi connectivity index (χ0) is 23.4. The van der Waals surface area contributed by atoms with Gasteiger partial charge in [0.2, 0.25) is 0 Å². The van der Waals surface area contributed by atoms with Crippen molar-refractivity contribution in [3.05, 3.63) is 69.0 Å². The Labute approximate surface area is 213 Å². The van der Waals surface area contributed by atoms with Crippen molar-refractivity contribution in [2.45, 2.75) is 40.0 Å². The number of hydrogen-bond donors (Lipinski definition) is 0. The highest BCUT2D eigenvalue weighted by Crippen LogP contribution is 2.28. The van der Waals surface area contributed by atoms with Crippen molar-refractivity contribution >= 4 is 41.7 Å². The fourth-order valence-corrected chi connectivity index (χ4v) is 4.83. The number of nitrogens with zero attached hydrogens (tertiary/aromatic N) is 4. The highest BCUT2D eigenvalue weighted by molar-refractivity contribution is 7.10. The van der Waals surface area contributed by atoms with Crippen LogP contribution < -0.4 is 0 Å². The highest BCUT2D eigenvalue weighted by atomic mass is 35.5. The van der Waals surface area contributed by atoms with E-state index in [4.69, 9.17) is 4.98 Å². The lowest BCUT2D eigenvalue weighted by molar-refractivity contribution is 0.0793. The number of halogens is 1. The second kappa shape index (κ2) is 11.6. The second-order valence-corrected chi connectivity index (χ2v) is 9.71. The Morgan fingerprint density at radius 1 is 1.15 bits per heavy atom. The molecule has 0 spiro atoms. The second-order valence-electron chi connectivity index (χ2n) is 8.76. The Bertz CT molecular complexity index is 1150. The van der Waals surface area contributed by atoms with Crippen LogP contribution in [0.5, 0.6) is 0 Å². The average Bonchev–Trinajstić information content (AvgIpc) is 3.52. The molecule has 180 valence electrons. The number of benzene rings is 2. The van der Waals surface area contributed by atoms with E-state index in [1.807, 2.05) is 42.6 Å². The molecule has 0 bridgehead atoms. The molecule has 0 saturated carbocycles. The van der Waals surface area contributed by atoms with E-state index in [0.29, 0.717) is 0 Å². The molecule has 1 aliphatic rings. The molecule has 0 atom stereocenters. The van der Waals surface area contributed by atoms with Crippen LogP contribution in [-0.4, -0.2) is 53.7 Å². The van der Waals surface area contributed by atoms with Gasteiger partial charge < -0.3 is 9.80 Å². The van der Waals surface area contributed by atoms with Gasteiger partial charge in [-0.15, -0.1) is 23.7 Å².